The van der Waals surface area contributed by atoms with Crippen molar-refractivity contribution in [3.8, 4) is 0 Å². The first-order chi connectivity index (χ1) is 12.1. The Morgan fingerprint density at radius 2 is 1.60 bits per heavy atom. The van der Waals surface area contributed by atoms with E-state index in [4.69, 9.17) is 11.6 Å². The first-order valence-electron chi connectivity index (χ1n) is 8.77. The summed E-state index contributed by atoms with van der Waals surface area (Å²) in [6.45, 7) is 4.42. The van der Waals surface area contributed by atoms with Crippen LogP contribution in [0.5, 0.6) is 0 Å². The maximum absolute atomic E-state index is 6.36. The van der Waals surface area contributed by atoms with Gasteiger partial charge >= 0.3 is 0 Å². The fourth-order valence-corrected chi connectivity index (χ4v) is 3.21. The molecule has 2 aromatic heterocycles. The lowest BCUT2D eigenvalue weighted by molar-refractivity contribution is 0.503. The van der Waals surface area contributed by atoms with E-state index in [1.54, 1.807) is 0 Å². The number of imidazole rings is 2. The van der Waals surface area contributed by atoms with Gasteiger partial charge in [-0.1, -0.05) is 17.7 Å². The normalized spacial score (nSPS) is 13.7. The molecule has 131 valence electrons. The quantitative estimate of drug-likeness (QED) is 0.574. The fourth-order valence-electron chi connectivity index (χ4n) is 3.00. The summed E-state index contributed by atoms with van der Waals surface area (Å²) >= 11 is 6.36. The van der Waals surface area contributed by atoms with Gasteiger partial charge in [-0.05, 0) is 56.7 Å². The molecule has 2 heterocycles. The third kappa shape index (κ3) is 4.73. The molecule has 0 saturated heterocycles. The van der Waals surface area contributed by atoms with Crippen molar-refractivity contribution in [1.29, 1.82) is 0 Å². The van der Waals surface area contributed by atoms with E-state index in [2.05, 4.69) is 45.1 Å². The van der Waals surface area contributed by atoms with Crippen LogP contribution in [-0.4, -0.2) is 19.1 Å². The van der Waals surface area contributed by atoms with Gasteiger partial charge < -0.3 is 9.13 Å². The molecule has 3 aromatic rings. The summed E-state index contributed by atoms with van der Waals surface area (Å²) in [4.78, 5) is 8.23. The molecule has 25 heavy (non-hydrogen) atoms. The Morgan fingerprint density at radius 1 is 1.00 bits per heavy atom. The van der Waals surface area contributed by atoms with Gasteiger partial charge in [-0.25, -0.2) is 9.97 Å². The molecule has 0 spiro atoms. The van der Waals surface area contributed by atoms with Crippen molar-refractivity contribution in [2.45, 2.75) is 51.6 Å². The average Bonchev–Trinajstić information content (AvgIpc) is 3.32. The second-order valence-corrected chi connectivity index (χ2v) is 7.02. The molecule has 1 radical (unpaired) electrons. The van der Waals surface area contributed by atoms with Gasteiger partial charge in [0.1, 0.15) is 0 Å². The number of benzene rings is 1. The number of hydrogen-bond donors (Lipinski definition) is 0. The van der Waals surface area contributed by atoms with E-state index in [1.165, 1.54) is 11.1 Å². The fraction of sp³-hybridized carbons (Fsp3) is 0.400. The summed E-state index contributed by atoms with van der Waals surface area (Å²) < 4.78 is 4.28. The third-order valence-corrected chi connectivity index (χ3v) is 5.13. The minimum atomic E-state index is 0.406. The predicted octanol–water partition coefficient (Wildman–Crippen LogP) is 4.92. The lowest BCUT2D eigenvalue weighted by Crippen LogP contribution is -2.05. The molecular weight excluding hydrogens is 332 g/mol. The zero-order chi connectivity index (χ0) is 17.6. The van der Waals surface area contributed by atoms with Crippen molar-refractivity contribution >= 4 is 11.6 Å². The standard InChI is InChI=1S/C20H24ClN4/c1-16(24-11-9-22-14-24)3-5-18-6-8-20(21)19(13-18)7-4-17(2)25-12-10-23-15-25/h6,9-17H,3-5,7H2,1-2H3. The van der Waals surface area contributed by atoms with E-state index in [-0.39, 0.29) is 0 Å². The molecule has 0 bridgehead atoms. The number of hydrogen-bond acceptors (Lipinski definition) is 2. The maximum Gasteiger partial charge on any atom is 0.0948 e. The van der Waals surface area contributed by atoms with Crippen LogP contribution in [0.25, 0.3) is 0 Å². The van der Waals surface area contributed by atoms with Crippen LogP contribution in [-0.2, 0) is 12.8 Å². The van der Waals surface area contributed by atoms with Gasteiger partial charge in [0.2, 0.25) is 0 Å². The van der Waals surface area contributed by atoms with Crippen LogP contribution in [0.2, 0.25) is 5.02 Å². The molecule has 2 unspecified atom stereocenters. The zero-order valence-corrected chi connectivity index (χ0v) is 15.5. The Morgan fingerprint density at radius 3 is 2.16 bits per heavy atom. The molecule has 0 aliphatic heterocycles. The predicted molar refractivity (Wildman–Crippen MR) is 101 cm³/mol. The monoisotopic (exact) mass is 355 g/mol. The lowest BCUT2D eigenvalue weighted by atomic mass is 10.00. The summed E-state index contributed by atoms with van der Waals surface area (Å²) in [6.07, 6.45) is 15.5. The van der Waals surface area contributed by atoms with E-state index >= 15 is 0 Å². The average molecular weight is 356 g/mol. The van der Waals surface area contributed by atoms with E-state index in [9.17, 15) is 0 Å². The molecule has 3 rings (SSSR count). The van der Waals surface area contributed by atoms with E-state index in [1.807, 2.05) is 43.5 Å². The molecule has 0 amide bonds. The van der Waals surface area contributed by atoms with Crippen molar-refractivity contribution in [3.63, 3.8) is 0 Å². The highest BCUT2D eigenvalue weighted by Crippen LogP contribution is 2.23. The SMILES string of the molecule is CC(CCc1c[c]c(Cl)c(CCC(C)n2ccnc2)c1)n1ccnc1. The van der Waals surface area contributed by atoms with Crippen LogP contribution in [0.15, 0.2) is 49.6 Å². The third-order valence-electron chi connectivity index (χ3n) is 4.78. The zero-order valence-electron chi connectivity index (χ0n) is 14.8. The van der Waals surface area contributed by atoms with E-state index in [0.29, 0.717) is 12.1 Å². The Bertz CT molecular complexity index is 765. The number of nitrogens with zero attached hydrogens (tertiary/aromatic N) is 4. The Labute approximate surface area is 154 Å². The number of rotatable bonds is 8. The number of aryl methyl sites for hydroxylation is 2. The van der Waals surface area contributed by atoms with Crippen molar-refractivity contribution in [2.24, 2.45) is 0 Å². The minimum absolute atomic E-state index is 0.406. The van der Waals surface area contributed by atoms with Crippen LogP contribution in [0.1, 0.15) is 49.9 Å². The molecular formula is C20H24ClN4. The molecule has 0 fully saturated rings. The molecule has 5 heteroatoms. The Balaban J connectivity index is 1.58. The van der Waals surface area contributed by atoms with Crippen molar-refractivity contribution in [2.75, 3.05) is 0 Å². The molecule has 1 aromatic carbocycles. The molecule has 0 aliphatic carbocycles. The number of aromatic nitrogens is 4. The minimum Gasteiger partial charge on any atom is -0.335 e. The van der Waals surface area contributed by atoms with Crippen LogP contribution in [0, 0.1) is 6.07 Å². The second-order valence-electron chi connectivity index (χ2n) is 6.64. The molecule has 0 saturated carbocycles. The summed E-state index contributed by atoms with van der Waals surface area (Å²) in [6, 6.07) is 8.31. The summed E-state index contributed by atoms with van der Waals surface area (Å²) in [5.41, 5.74) is 2.48. The molecule has 2 atom stereocenters. The highest BCUT2D eigenvalue weighted by molar-refractivity contribution is 6.31. The first-order valence-corrected chi connectivity index (χ1v) is 9.15. The van der Waals surface area contributed by atoms with Crippen LogP contribution >= 0.6 is 11.6 Å². The van der Waals surface area contributed by atoms with Crippen molar-refractivity contribution in [1.82, 2.24) is 19.1 Å². The number of halogens is 1. The highest BCUT2D eigenvalue weighted by Gasteiger charge is 2.09. The topological polar surface area (TPSA) is 35.6 Å². The van der Waals surface area contributed by atoms with Crippen molar-refractivity contribution < 1.29 is 0 Å². The lowest BCUT2D eigenvalue weighted by Gasteiger charge is -2.15. The molecule has 4 nitrogen and oxygen atoms in total. The van der Waals surface area contributed by atoms with E-state index in [0.717, 1.165) is 30.7 Å². The van der Waals surface area contributed by atoms with Crippen LogP contribution in [0.3, 0.4) is 0 Å². The summed E-state index contributed by atoms with van der Waals surface area (Å²) in [5, 5.41) is 0.740. The highest BCUT2D eigenvalue weighted by atomic mass is 35.5. The van der Waals surface area contributed by atoms with Crippen molar-refractivity contribution in [3.05, 3.63) is 71.8 Å². The Hall–Kier alpha value is -2.07. The first kappa shape index (κ1) is 17.7. The van der Waals surface area contributed by atoms with Gasteiger partial charge in [-0.15, -0.1) is 0 Å². The van der Waals surface area contributed by atoms with E-state index < -0.39 is 0 Å². The van der Waals surface area contributed by atoms with Gasteiger partial charge in [-0.2, -0.15) is 0 Å². The van der Waals surface area contributed by atoms with Gasteiger partial charge in [0.15, 0.2) is 0 Å². The van der Waals surface area contributed by atoms with Gasteiger partial charge in [-0.3, -0.25) is 0 Å². The van der Waals surface area contributed by atoms with Gasteiger partial charge in [0, 0.05) is 42.9 Å². The largest absolute Gasteiger partial charge is 0.335 e. The van der Waals surface area contributed by atoms with Gasteiger partial charge in [0.25, 0.3) is 0 Å². The molecule has 0 aliphatic rings. The summed E-state index contributed by atoms with van der Waals surface area (Å²) in [7, 11) is 0. The Kier molecular flexibility index (Phi) is 5.92. The maximum atomic E-state index is 6.36. The van der Waals surface area contributed by atoms with Gasteiger partial charge in [0.05, 0.1) is 17.7 Å². The van der Waals surface area contributed by atoms with Crippen LogP contribution < -0.4 is 0 Å². The summed E-state index contributed by atoms with van der Waals surface area (Å²) in [5.74, 6) is 0. The molecule has 0 N–H and O–H groups in total. The smallest absolute Gasteiger partial charge is 0.0948 e. The second kappa shape index (κ2) is 8.34. The van der Waals surface area contributed by atoms with Crippen LogP contribution in [0.4, 0.5) is 0 Å².